The number of methoxy groups -OCH3 is 1. The van der Waals surface area contributed by atoms with Gasteiger partial charge in [-0.15, -0.1) is 0 Å². The number of ether oxygens (including phenoxy) is 2. The summed E-state index contributed by atoms with van der Waals surface area (Å²) in [6.07, 6.45) is 2.56. The third-order valence-corrected chi connectivity index (χ3v) is 4.23. The van der Waals surface area contributed by atoms with E-state index < -0.39 is 5.97 Å². The zero-order chi connectivity index (χ0) is 20.4. The topological polar surface area (TPSA) is 112 Å². The fraction of sp³-hybridized carbons (Fsp3) is 0.0952. The van der Waals surface area contributed by atoms with Gasteiger partial charge in [0.05, 0.1) is 18.1 Å². The minimum absolute atomic E-state index is 0.0156. The number of aromatic hydroxyl groups is 1. The first kappa shape index (κ1) is 18.3. The van der Waals surface area contributed by atoms with E-state index in [9.17, 15) is 14.7 Å². The van der Waals surface area contributed by atoms with Crippen molar-refractivity contribution in [2.45, 2.75) is 6.61 Å². The van der Waals surface area contributed by atoms with Crippen LogP contribution >= 0.6 is 0 Å². The predicted octanol–water partition coefficient (Wildman–Crippen LogP) is 3.52. The van der Waals surface area contributed by atoms with Crippen LogP contribution < -0.4 is 10.2 Å². The number of nitrogens with zero attached hydrogens (tertiary/aromatic N) is 1. The number of phenols is 1. The molecule has 0 aliphatic rings. The van der Waals surface area contributed by atoms with Gasteiger partial charge in [0.25, 0.3) is 0 Å². The van der Waals surface area contributed by atoms with Crippen LogP contribution in [0.15, 0.2) is 68.6 Å². The molecule has 0 saturated carbocycles. The molecule has 8 heteroatoms. The second-order valence-corrected chi connectivity index (χ2v) is 6.09. The molecule has 8 nitrogen and oxygen atoms in total. The van der Waals surface area contributed by atoms with Gasteiger partial charge in [-0.2, -0.15) is 0 Å². The smallest absolute Gasteiger partial charge is 0.360 e. The Morgan fingerprint density at radius 3 is 2.66 bits per heavy atom. The number of rotatable bonds is 5. The molecule has 146 valence electrons. The Labute approximate surface area is 163 Å². The molecule has 4 aromatic rings. The van der Waals surface area contributed by atoms with Gasteiger partial charge < -0.3 is 23.4 Å². The van der Waals surface area contributed by atoms with Gasteiger partial charge in [0.2, 0.25) is 5.89 Å². The highest BCUT2D eigenvalue weighted by Gasteiger charge is 2.14. The molecule has 4 rings (SSSR count). The SMILES string of the molecule is COC(=O)c1coc(COc2ccc3c(=O)c(-c4ccc(O)cc4)coc3c2)n1. The lowest BCUT2D eigenvalue weighted by Crippen LogP contribution is -2.05. The quantitative estimate of drug-likeness (QED) is 0.513. The zero-order valence-corrected chi connectivity index (χ0v) is 15.2. The fourth-order valence-corrected chi connectivity index (χ4v) is 2.76. The van der Waals surface area contributed by atoms with Gasteiger partial charge in [-0.1, -0.05) is 12.1 Å². The highest BCUT2D eigenvalue weighted by Crippen LogP contribution is 2.24. The van der Waals surface area contributed by atoms with Crippen LogP contribution in [0.1, 0.15) is 16.4 Å². The summed E-state index contributed by atoms with van der Waals surface area (Å²) in [5.41, 5.74) is 1.25. The molecular weight excluding hydrogens is 378 g/mol. The van der Waals surface area contributed by atoms with Gasteiger partial charge in [-0.05, 0) is 29.8 Å². The van der Waals surface area contributed by atoms with Crippen LogP contribution in [0.3, 0.4) is 0 Å². The van der Waals surface area contributed by atoms with E-state index in [4.69, 9.17) is 13.6 Å². The molecular formula is C21H15NO7. The van der Waals surface area contributed by atoms with Crippen LogP contribution in [0.2, 0.25) is 0 Å². The summed E-state index contributed by atoms with van der Waals surface area (Å²) in [4.78, 5) is 28.1. The number of carbonyl (C=O) groups is 1. The molecule has 2 aromatic heterocycles. The molecule has 0 saturated heterocycles. The van der Waals surface area contributed by atoms with E-state index in [1.807, 2.05) is 0 Å². The number of fused-ring (bicyclic) bond motifs is 1. The fourth-order valence-electron chi connectivity index (χ4n) is 2.76. The molecule has 0 amide bonds. The van der Waals surface area contributed by atoms with E-state index in [2.05, 4.69) is 9.72 Å². The van der Waals surface area contributed by atoms with Crippen molar-refractivity contribution >= 4 is 16.9 Å². The minimum Gasteiger partial charge on any atom is -0.508 e. The van der Waals surface area contributed by atoms with Crippen molar-refractivity contribution in [3.63, 3.8) is 0 Å². The van der Waals surface area contributed by atoms with Gasteiger partial charge in [-0.3, -0.25) is 4.79 Å². The van der Waals surface area contributed by atoms with Gasteiger partial charge >= 0.3 is 5.97 Å². The molecule has 0 atom stereocenters. The second-order valence-electron chi connectivity index (χ2n) is 6.09. The summed E-state index contributed by atoms with van der Waals surface area (Å²) in [5.74, 6) is 0.160. The maximum Gasteiger partial charge on any atom is 0.360 e. The van der Waals surface area contributed by atoms with E-state index >= 15 is 0 Å². The number of aromatic nitrogens is 1. The van der Waals surface area contributed by atoms with Gasteiger partial charge in [0.15, 0.2) is 17.7 Å². The molecule has 0 radical (unpaired) electrons. The first-order valence-corrected chi connectivity index (χ1v) is 8.55. The highest BCUT2D eigenvalue weighted by atomic mass is 16.5. The molecule has 2 aromatic carbocycles. The largest absolute Gasteiger partial charge is 0.508 e. The first-order valence-electron chi connectivity index (χ1n) is 8.55. The Kier molecular flexibility index (Phi) is 4.74. The number of benzene rings is 2. The van der Waals surface area contributed by atoms with Crippen LogP contribution in [0.25, 0.3) is 22.1 Å². The standard InChI is InChI=1S/C21H15NO7/c1-26-21(25)17-10-29-19(22-17)11-27-14-6-7-15-18(8-14)28-9-16(20(15)24)12-2-4-13(23)5-3-12/h2-10,23H,11H2,1H3. The lowest BCUT2D eigenvalue weighted by atomic mass is 10.1. The van der Waals surface area contributed by atoms with Crippen molar-refractivity contribution in [3.05, 3.63) is 76.8 Å². The van der Waals surface area contributed by atoms with Crippen LogP contribution in [0.4, 0.5) is 0 Å². The normalized spacial score (nSPS) is 10.8. The highest BCUT2D eigenvalue weighted by molar-refractivity contribution is 5.86. The van der Waals surface area contributed by atoms with Crippen molar-refractivity contribution in [2.24, 2.45) is 0 Å². The molecule has 0 aliphatic carbocycles. The monoisotopic (exact) mass is 393 g/mol. The Hall–Kier alpha value is -4.07. The third kappa shape index (κ3) is 3.68. The zero-order valence-electron chi connectivity index (χ0n) is 15.2. The first-order chi connectivity index (χ1) is 14.0. The average Bonchev–Trinajstić information content (AvgIpc) is 3.22. The van der Waals surface area contributed by atoms with E-state index in [0.29, 0.717) is 27.8 Å². The lowest BCUT2D eigenvalue weighted by molar-refractivity contribution is 0.0594. The molecule has 0 unspecified atom stereocenters. The van der Waals surface area contributed by atoms with Crippen molar-refractivity contribution in [1.82, 2.24) is 4.98 Å². The average molecular weight is 393 g/mol. The number of oxazole rings is 1. The molecule has 1 N–H and O–H groups in total. The Morgan fingerprint density at radius 1 is 1.10 bits per heavy atom. The molecule has 0 bridgehead atoms. The number of hydrogen-bond donors (Lipinski definition) is 1. The molecule has 2 heterocycles. The predicted molar refractivity (Wildman–Crippen MR) is 102 cm³/mol. The van der Waals surface area contributed by atoms with Gasteiger partial charge in [0.1, 0.15) is 29.6 Å². The second kappa shape index (κ2) is 7.51. The van der Waals surface area contributed by atoms with Crippen LogP contribution in [-0.2, 0) is 11.3 Å². The van der Waals surface area contributed by atoms with Gasteiger partial charge in [0, 0.05) is 6.07 Å². The number of esters is 1. The molecule has 0 aliphatic heterocycles. The van der Waals surface area contributed by atoms with Crippen molar-refractivity contribution in [3.8, 4) is 22.6 Å². The van der Waals surface area contributed by atoms with E-state index in [-0.39, 0.29) is 29.4 Å². The van der Waals surface area contributed by atoms with E-state index in [1.165, 1.54) is 31.8 Å². The maximum absolute atomic E-state index is 12.8. The van der Waals surface area contributed by atoms with Crippen molar-refractivity contribution < 1.29 is 28.2 Å². The molecule has 0 fully saturated rings. The number of hydrogen-bond acceptors (Lipinski definition) is 8. The minimum atomic E-state index is -0.600. The Morgan fingerprint density at radius 2 is 1.90 bits per heavy atom. The van der Waals surface area contributed by atoms with Crippen LogP contribution in [-0.4, -0.2) is 23.2 Å². The van der Waals surface area contributed by atoms with Gasteiger partial charge in [-0.25, -0.2) is 9.78 Å². The summed E-state index contributed by atoms with van der Waals surface area (Å²) >= 11 is 0. The van der Waals surface area contributed by atoms with Crippen LogP contribution in [0.5, 0.6) is 11.5 Å². The van der Waals surface area contributed by atoms with Crippen molar-refractivity contribution in [1.29, 1.82) is 0 Å². The van der Waals surface area contributed by atoms with E-state index in [1.54, 1.807) is 30.3 Å². The molecule has 29 heavy (non-hydrogen) atoms. The number of carbonyl (C=O) groups excluding carboxylic acids is 1. The Bertz CT molecular complexity index is 1240. The van der Waals surface area contributed by atoms with E-state index in [0.717, 1.165) is 0 Å². The Balaban J connectivity index is 1.56. The maximum atomic E-state index is 12.8. The summed E-state index contributed by atoms with van der Waals surface area (Å²) in [6, 6.07) is 11.1. The lowest BCUT2D eigenvalue weighted by Gasteiger charge is -2.06. The van der Waals surface area contributed by atoms with Crippen LogP contribution in [0, 0.1) is 0 Å². The summed E-state index contributed by atoms with van der Waals surface area (Å²) in [5, 5.41) is 9.80. The third-order valence-electron chi connectivity index (χ3n) is 4.23. The molecule has 0 spiro atoms. The summed E-state index contributed by atoms with van der Waals surface area (Å²) < 4.78 is 20.9. The number of phenolic OH excluding ortho intramolecular Hbond substituents is 1. The summed E-state index contributed by atoms with van der Waals surface area (Å²) in [7, 11) is 1.25. The van der Waals surface area contributed by atoms with Crippen molar-refractivity contribution in [2.75, 3.05) is 7.11 Å². The summed E-state index contributed by atoms with van der Waals surface area (Å²) in [6.45, 7) is -0.0156.